The number of halogens is 4. The number of fused-ring (bicyclic) bond motifs is 3. The number of carbonyl (C=O) groups is 1. The average molecular weight is 472 g/mol. The third-order valence-electron chi connectivity index (χ3n) is 4.96. The summed E-state index contributed by atoms with van der Waals surface area (Å²) in [6.07, 6.45) is 0.0589. The van der Waals surface area contributed by atoms with Gasteiger partial charge in [0.25, 0.3) is 0 Å². The molecule has 1 aliphatic rings. The van der Waals surface area contributed by atoms with Gasteiger partial charge in [-0.05, 0) is 48.9 Å². The molecule has 0 unspecified atom stereocenters. The summed E-state index contributed by atoms with van der Waals surface area (Å²) in [6.45, 7) is 2.23. The molecule has 30 heavy (non-hydrogen) atoms. The van der Waals surface area contributed by atoms with E-state index in [9.17, 15) is 18.0 Å². The van der Waals surface area contributed by atoms with Gasteiger partial charge in [-0.25, -0.2) is 9.97 Å². The maximum absolute atomic E-state index is 12.9. The van der Waals surface area contributed by atoms with Crippen molar-refractivity contribution in [1.29, 1.82) is 0 Å². The lowest BCUT2D eigenvalue weighted by Crippen LogP contribution is -2.15. The molecule has 2 heterocycles. The largest absolute Gasteiger partial charge is 0.416 e. The summed E-state index contributed by atoms with van der Waals surface area (Å²) in [7, 11) is 0. The zero-order valence-electron chi connectivity index (χ0n) is 15.8. The fourth-order valence-corrected chi connectivity index (χ4v) is 5.88. The summed E-state index contributed by atoms with van der Waals surface area (Å²) in [5.74, 6) is 0.183. The Morgan fingerprint density at radius 1 is 1.37 bits per heavy atom. The van der Waals surface area contributed by atoms with Crippen molar-refractivity contribution in [2.45, 2.75) is 37.4 Å². The van der Waals surface area contributed by atoms with Crippen molar-refractivity contribution < 1.29 is 18.0 Å². The van der Waals surface area contributed by atoms with Crippen molar-refractivity contribution in [2.24, 2.45) is 5.92 Å². The summed E-state index contributed by atoms with van der Waals surface area (Å²) in [5.41, 5.74) is 0.329. The molecular weight excluding hydrogens is 455 g/mol. The molecule has 0 radical (unpaired) electrons. The molecule has 4 nitrogen and oxygen atoms in total. The highest BCUT2D eigenvalue weighted by Gasteiger charge is 2.31. The van der Waals surface area contributed by atoms with E-state index in [2.05, 4.69) is 22.2 Å². The Bertz CT molecular complexity index is 1120. The number of carbonyl (C=O) groups excluding carboxylic acids is 1. The molecule has 1 N–H and O–H groups in total. The highest BCUT2D eigenvalue weighted by molar-refractivity contribution is 8.00. The summed E-state index contributed by atoms with van der Waals surface area (Å²) >= 11 is 8.87. The van der Waals surface area contributed by atoms with E-state index in [1.807, 2.05) is 0 Å². The van der Waals surface area contributed by atoms with Gasteiger partial charge in [-0.15, -0.1) is 11.3 Å². The summed E-state index contributed by atoms with van der Waals surface area (Å²) < 4.78 is 38.7. The lowest BCUT2D eigenvalue weighted by Gasteiger charge is -2.18. The van der Waals surface area contributed by atoms with Crippen molar-refractivity contribution in [1.82, 2.24) is 9.97 Å². The Kier molecular flexibility index (Phi) is 5.96. The SMILES string of the molecule is C[C@@H]1CCc2c(sc3ncnc(SCC(=O)Nc4cc(C(F)(F)F)ccc4Cl)c23)C1. The van der Waals surface area contributed by atoms with Crippen LogP contribution in [-0.4, -0.2) is 21.6 Å². The average Bonchev–Trinajstić information content (AvgIpc) is 3.05. The van der Waals surface area contributed by atoms with E-state index in [1.165, 1.54) is 28.5 Å². The molecule has 0 spiro atoms. The lowest BCUT2D eigenvalue weighted by atomic mass is 9.89. The van der Waals surface area contributed by atoms with Crippen LogP contribution >= 0.6 is 34.7 Å². The van der Waals surface area contributed by atoms with Crippen molar-refractivity contribution in [2.75, 3.05) is 11.1 Å². The van der Waals surface area contributed by atoms with Crippen LogP contribution in [0.1, 0.15) is 29.3 Å². The monoisotopic (exact) mass is 471 g/mol. The molecule has 2 aromatic heterocycles. The first-order valence-electron chi connectivity index (χ1n) is 9.27. The van der Waals surface area contributed by atoms with E-state index < -0.39 is 17.6 Å². The van der Waals surface area contributed by atoms with Crippen LogP contribution in [-0.2, 0) is 23.8 Å². The number of hydrogen-bond acceptors (Lipinski definition) is 5. The molecule has 158 valence electrons. The number of thiophene rings is 1. The number of amides is 1. The van der Waals surface area contributed by atoms with Gasteiger partial charge in [-0.2, -0.15) is 13.2 Å². The van der Waals surface area contributed by atoms with Crippen molar-refractivity contribution >= 4 is 56.5 Å². The van der Waals surface area contributed by atoms with Gasteiger partial charge < -0.3 is 5.32 Å². The van der Waals surface area contributed by atoms with Crippen LogP contribution in [0.5, 0.6) is 0 Å². The second-order valence-electron chi connectivity index (χ2n) is 7.24. The first kappa shape index (κ1) is 21.4. The normalized spacial score (nSPS) is 16.5. The molecule has 0 fully saturated rings. The fourth-order valence-electron chi connectivity index (χ4n) is 3.47. The Morgan fingerprint density at radius 2 is 2.17 bits per heavy atom. The highest BCUT2D eigenvalue weighted by atomic mass is 35.5. The molecule has 0 bridgehead atoms. The van der Waals surface area contributed by atoms with Gasteiger partial charge in [0.1, 0.15) is 16.2 Å². The maximum Gasteiger partial charge on any atom is 0.416 e. The first-order valence-corrected chi connectivity index (χ1v) is 11.4. The predicted molar refractivity (Wildman–Crippen MR) is 114 cm³/mol. The van der Waals surface area contributed by atoms with Crippen LogP contribution in [0, 0.1) is 5.92 Å². The van der Waals surface area contributed by atoms with Crippen LogP contribution in [0.2, 0.25) is 5.02 Å². The van der Waals surface area contributed by atoms with E-state index in [4.69, 9.17) is 11.6 Å². The molecule has 3 aromatic rings. The third-order valence-corrected chi connectivity index (χ3v) is 7.45. The van der Waals surface area contributed by atoms with Crippen LogP contribution in [0.25, 0.3) is 10.2 Å². The van der Waals surface area contributed by atoms with Gasteiger partial charge in [0, 0.05) is 10.3 Å². The number of benzene rings is 1. The molecule has 10 heteroatoms. The zero-order valence-corrected chi connectivity index (χ0v) is 18.2. The van der Waals surface area contributed by atoms with Crippen molar-refractivity contribution in [3.63, 3.8) is 0 Å². The second-order valence-corrected chi connectivity index (χ2v) is 9.69. The van der Waals surface area contributed by atoms with Crippen LogP contribution in [0.15, 0.2) is 29.6 Å². The molecule has 1 amide bonds. The number of aryl methyl sites for hydroxylation is 1. The zero-order chi connectivity index (χ0) is 21.5. The van der Waals surface area contributed by atoms with Gasteiger partial charge in [0.15, 0.2) is 0 Å². The predicted octanol–water partition coefficient (Wildman–Crippen LogP) is 6.22. The minimum atomic E-state index is -4.51. The van der Waals surface area contributed by atoms with Gasteiger partial charge in [-0.1, -0.05) is 30.3 Å². The molecule has 4 rings (SSSR count). The minimum Gasteiger partial charge on any atom is -0.324 e. The highest BCUT2D eigenvalue weighted by Crippen LogP contribution is 2.40. The number of nitrogens with one attached hydrogen (secondary N) is 1. The fraction of sp³-hybridized carbons (Fsp3) is 0.350. The number of rotatable bonds is 4. The lowest BCUT2D eigenvalue weighted by molar-refractivity contribution is -0.137. The Labute approximate surface area is 184 Å². The molecule has 1 atom stereocenters. The minimum absolute atomic E-state index is 0.000287. The number of aromatic nitrogens is 2. The summed E-state index contributed by atoms with van der Waals surface area (Å²) in [5, 5.41) is 4.24. The van der Waals surface area contributed by atoms with Crippen LogP contribution in [0.3, 0.4) is 0 Å². The summed E-state index contributed by atoms with van der Waals surface area (Å²) in [6, 6.07) is 2.84. The van der Waals surface area contributed by atoms with E-state index >= 15 is 0 Å². The Hall–Kier alpha value is -1.84. The van der Waals surface area contributed by atoms with Crippen LogP contribution < -0.4 is 5.32 Å². The Balaban J connectivity index is 1.51. The molecular formula is C20H17ClF3N3OS2. The van der Waals surface area contributed by atoms with Gasteiger partial charge >= 0.3 is 6.18 Å². The smallest absolute Gasteiger partial charge is 0.324 e. The number of thioether (sulfide) groups is 1. The van der Waals surface area contributed by atoms with Crippen molar-refractivity contribution in [3.05, 3.63) is 45.6 Å². The van der Waals surface area contributed by atoms with Gasteiger partial charge in [-0.3, -0.25) is 4.79 Å². The van der Waals surface area contributed by atoms with E-state index in [0.29, 0.717) is 5.92 Å². The second kappa shape index (κ2) is 8.36. The van der Waals surface area contributed by atoms with Crippen LogP contribution in [0.4, 0.5) is 18.9 Å². The number of anilines is 1. The van der Waals surface area contributed by atoms with E-state index in [0.717, 1.165) is 52.7 Å². The number of hydrogen-bond donors (Lipinski definition) is 1. The first-order chi connectivity index (χ1) is 14.2. The summed E-state index contributed by atoms with van der Waals surface area (Å²) in [4.78, 5) is 23.4. The van der Waals surface area contributed by atoms with Gasteiger partial charge in [0.05, 0.1) is 22.0 Å². The molecule has 0 aliphatic heterocycles. The van der Waals surface area contributed by atoms with E-state index in [-0.39, 0.29) is 16.5 Å². The maximum atomic E-state index is 12.9. The third kappa shape index (κ3) is 4.43. The van der Waals surface area contributed by atoms with Gasteiger partial charge in [0.2, 0.25) is 5.91 Å². The molecule has 1 aromatic carbocycles. The number of nitrogens with zero attached hydrogens (tertiary/aromatic N) is 2. The van der Waals surface area contributed by atoms with Crippen molar-refractivity contribution in [3.8, 4) is 0 Å². The molecule has 1 aliphatic carbocycles. The standard InChI is InChI=1S/C20H17ClF3N3OS2/c1-10-2-4-12-15(6-10)30-19-17(12)18(25-9-26-19)29-8-16(28)27-14-7-11(20(22,23)24)3-5-13(14)21/h3,5,7,9-10H,2,4,6,8H2,1H3,(H,27,28)/t10-/m1/s1. The molecule has 0 saturated carbocycles. The van der Waals surface area contributed by atoms with E-state index in [1.54, 1.807) is 11.3 Å². The molecule has 0 saturated heterocycles. The Morgan fingerprint density at radius 3 is 2.93 bits per heavy atom. The topological polar surface area (TPSA) is 54.9 Å². The quantitative estimate of drug-likeness (QED) is 0.362. The number of alkyl halides is 3.